The minimum Gasteiger partial charge on any atom is -0.337 e. The summed E-state index contributed by atoms with van der Waals surface area (Å²) in [5.74, 6) is 0.925. The van der Waals surface area contributed by atoms with Gasteiger partial charge in [-0.2, -0.15) is 0 Å². The van der Waals surface area contributed by atoms with Crippen molar-refractivity contribution in [1.29, 1.82) is 0 Å². The zero-order chi connectivity index (χ0) is 14.4. The molecule has 0 saturated heterocycles. The molecule has 1 aliphatic rings. The summed E-state index contributed by atoms with van der Waals surface area (Å²) in [7, 11) is 2.26. The summed E-state index contributed by atoms with van der Waals surface area (Å²) in [6, 6.07) is 0. The summed E-state index contributed by atoms with van der Waals surface area (Å²) in [5, 5.41) is 0. The first-order valence-corrected chi connectivity index (χ1v) is 8.07. The lowest BCUT2D eigenvalue weighted by atomic mass is 9.74. The lowest BCUT2D eigenvalue weighted by molar-refractivity contribution is 0.0622. The van der Waals surface area contributed by atoms with Crippen molar-refractivity contribution < 1.29 is 0 Å². The Morgan fingerprint density at radius 2 is 2.15 bits per heavy atom. The van der Waals surface area contributed by atoms with Crippen LogP contribution < -0.4 is 5.73 Å². The van der Waals surface area contributed by atoms with E-state index in [-0.39, 0.29) is 5.54 Å². The van der Waals surface area contributed by atoms with Crippen LogP contribution in [0.3, 0.4) is 0 Å². The fourth-order valence-corrected chi connectivity index (χ4v) is 3.51. The fourth-order valence-electron chi connectivity index (χ4n) is 3.51. The number of imidazole rings is 1. The monoisotopic (exact) mass is 278 g/mol. The first kappa shape index (κ1) is 15.5. The Bertz CT molecular complexity index is 366. The predicted octanol–water partition coefficient (Wildman–Crippen LogP) is 2.50. The highest BCUT2D eigenvalue weighted by molar-refractivity contribution is 4.94. The first-order valence-electron chi connectivity index (χ1n) is 8.07. The van der Waals surface area contributed by atoms with Gasteiger partial charge in [-0.05, 0) is 45.1 Å². The molecule has 1 aliphatic carbocycles. The molecule has 1 aromatic rings. The highest BCUT2D eigenvalue weighted by Crippen LogP contribution is 2.36. The van der Waals surface area contributed by atoms with E-state index in [0.29, 0.717) is 0 Å². The van der Waals surface area contributed by atoms with E-state index in [0.717, 1.165) is 32.0 Å². The Balaban J connectivity index is 1.81. The molecular weight excluding hydrogens is 248 g/mol. The molecule has 0 aromatic carbocycles. The van der Waals surface area contributed by atoms with Gasteiger partial charge in [0.05, 0.1) is 6.33 Å². The van der Waals surface area contributed by atoms with E-state index in [1.54, 1.807) is 0 Å². The van der Waals surface area contributed by atoms with Crippen molar-refractivity contribution >= 4 is 0 Å². The zero-order valence-corrected chi connectivity index (χ0v) is 13.1. The molecule has 0 amide bonds. The number of rotatable bonds is 7. The van der Waals surface area contributed by atoms with Crippen LogP contribution in [0.1, 0.15) is 45.4 Å². The van der Waals surface area contributed by atoms with Crippen LogP contribution in [0.5, 0.6) is 0 Å². The van der Waals surface area contributed by atoms with Gasteiger partial charge in [0.25, 0.3) is 0 Å². The Hall–Kier alpha value is -0.870. The van der Waals surface area contributed by atoms with E-state index in [9.17, 15) is 0 Å². The van der Waals surface area contributed by atoms with Crippen LogP contribution in [0.2, 0.25) is 0 Å². The number of nitrogens with zero attached hydrogens (tertiary/aromatic N) is 3. The van der Waals surface area contributed by atoms with Crippen LogP contribution in [0.4, 0.5) is 0 Å². The molecule has 1 fully saturated rings. The minimum atomic E-state index is 0.251. The van der Waals surface area contributed by atoms with Crippen LogP contribution in [-0.2, 0) is 6.54 Å². The summed E-state index contributed by atoms with van der Waals surface area (Å²) in [6.45, 7) is 5.27. The second-order valence-electron chi connectivity index (χ2n) is 6.36. The van der Waals surface area contributed by atoms with Crippen LogP contribution in [0, 0.1) is 5.92 Å². The van der Waals surface area contributed by atoms with Gasteiger partial charge in [-0.3, -0.25) is 4.90 Å². The third-order valence-electron chi connectivity index (χ3n) is 5.27. The Morgan fingerprint density at radius 1 is 1.40 bits per heavy atom. The van der Waals surface area contributed by atoms with E-state index in [1.807, 2.05) is 18.7 Å². The SMILES string of the molecule is CCC1CCC(CN)(N(C)CCCn2ccnc2)CC1. The van der Waals surface area contributed by atoms with E-state index >= 15 is 0 Å². The van der Waals surface area contributed by atoms with Crippen LogP contribution in [0.25, 0.3) is 0 Å². The van der Waals surface area contributed by atoms with Gasteiger partial charge >= 0.3 is 0 Å². The molecule has 1 heterocycles. The van der Waals surface area contributed by atoms with Gasteiger partial charge in [-0.1, -0.05) is 13.3 Å². The van der Waals surface area contributed by atoms with Crippen LogP contribution >= 0.6 is 0 Å². The average molecular weight is 278 g/mol. The molecule has 2 N–H and O–H groups in total. The number of nitrogens with two attached hydrogens (primary N) is 1. The van der Waals surface area contributed by atoms with Crippen molar-refractivity contribution in [1.82, 2.24) is 14.5 Å². The maximum Gasteiger partial charge on any atom is 0.0945 e. The zero-order valence-electron chi connectivity index (χ0n) is 13.1. The van der Waals surface area contributed by atoms with Gasteiger partial charge in [0.15, 0.2) is 0 Å². The standard InChI is InChI=1S/C16H30N4/c1-3-15-5-7-16(13-17,8-6-15)19(2)10-4-11-20-12-9-18-14-20/h9,12,14-15H,3-8,10-11,13,17H2,1-2H3. The van der Waals surface area contributed by atoms with Crippen molar-refractivity contribution in [2.75, 3.05) is 20.1 Å². The first-order chi connectivity index (χ1) is 9.70. The number of hydrogen-bond acceptors (Lipinski definition) is 3. The summed E-state index contributed by atoms with van der Waals surface area (Å²) in [6.07, 6.45) is 13.5. The van der Waals surface area contributed by atoms with Crippen molar-refractivity contribution in [2.45, 2.75) is 57.5 Å². The molecule has 1 saturated carbocycles. The molecule has 20 heavy (non-hydrogen) atoms. The summed E-state index contributed by atoms with van der Waals surface area (Å²) >= 11 is 0. The molecule has 2 rings (SSSR count). The van der Waals surface area contributed by atoms with Gasteiger partial charge in [-0.25, -0.2) is 4.98 Å². The lowest BCUT2D eigenvalue weighted by Crippen LogP contribution is -2.54. The number of hydrogen-bond donors (Lipinski definition) is 1. The largest absolute Gasteiger partial charge is 0.337 e. The summed E-state index contributed by atoms with van der Waals surface area (Å²) in [5.41, 5.74) is 6.39. The molecule has 0 radical (unpaired) electrons. The molecule has 4 nitrogen and oxygen atoms in total. The molecule has 0 bridgehead atoms. The second-order valence-corrected chi connectivity index (χ2v) is 6.36. The Kier molecular flexibility index (Phi) is 5.61. The van der Waals surface area contributed by atoms with Crippen LogP contribution in [-0.4, -0.2) is 40.1 Å². The average Bonchev–Trinajstić information content (AvgIpc) is 3.00. The van der Waals surface area contributed by atoms with E-state index < -0.39 is 0 Å². The van der Waals surface area contributed by atoms with Gasteiger partial charge < -0.3 is 10.3 Å². The molecule has 4 heteroatoms. The molecular formula is C16H30N4. The molecule has 0 aliphatic heterocycles. The summed E-state index contributed by atoms with van der Waals surface area (Å²) < 4.78 is 2.15. The summed E-state index contributed by atoms with van der Waals surface area (Å²) in [4.78, 5) is 6.61. The Labute approximate surface area is 123 Å². The fraction of sp³-hybridized carbons (Fsp3) is 0.812. The van der Waals surface area contributed by atoms with Crippen molar-refractivity contribution in [2.24, 2.45) is 11.7 Å². The third-order valence-corrected chi connectivity index (χ3v) is 5.27. The predicted molar refractivity (Wildman–Crippen MR) is 83.5 cm³/mol. The highest BCUT2D eigenvalue weighted by Gasteiger charge is 2.36. The van der Waals surface area contributed by atoms with Gasteiger partial charge in [0.1, 0.15) is 0 Å². The van der Waals surface area contributed by atoms with E-state index in [4.69, 9.17) is 5.73 Å². The quantitative estimate of drug-likeness (QED) is 0.833. The van der Waals surface area contributed by atoms with Gasteiger partial charge in [-0.15, -0.1) is 0 Å². The van der Waals surface area contributed by atoms with E-state index in [2.05, 4.69) is 28.4 Å². The van der Waals surface area contributed by atoms with E-state index in [1.165, 1.54) is 32.1 Å². The second kappa shape index (κ2) is 7.23. The normalized spacial score (nSPS) is 27.1. The van der Waals surface area contributed by atoms with Gasteiger partial charge in [0, 0.05) is 37.6 Å². The third kappa shape index (κ3) is 3.61. The molecule has 114 valence electrons. The van der Waals surface area contributed by atoms with Crippen molar-refractivity contribution in [3.05, 3.63) is 18.7 Å². The maximum atomic E-state index is 6.14. The van der Waals surface area contributed by atoms with Crippen molar-refractivity contribution in [3.8, 4) is 0 Å². The molecule has 1 aromatic heterocycles. The maximum absolute atomic E-state index is 6.14. The molecule has 0 spiro atoms. The van der Waals surface area contributed by atoms with Crippen molar-refractivity contribution in [3.63, 3.8) is 0 Å². The smallest absolute Gasteiger partial charge is 0.0945 e. The number of aryl methyl sites for hydroxylation is 1. The molecule has 0 unspecified atom stereocenters. The highest BCUT2D eigenvalue weighted by atomic mass is 15.2. The minimum absolute atomic E-state index is 0.251. The van der Waals surface area contributed by atoms with Crippen LogP contribution in [0.15, 0.2) is 18.7 Å². The number of likely N-dealkylation sites (N-methyl/N-ethyl adjacent to an activating group) is 1. The molecule has 0 atom stereocenters. The number of aromatic nitrogens is 2. The topological polar surface area (TPSA) is 47.1 Å². The Morgan fingerprint density at radius 3 is 2.70 bits per heavy atom. The van der Waals surface area contributed by atoms with Gasteiger partial charge in [0.2, 0.25) is 0 Å². The lowest BCUT2D eigenvalue weighted by Gasteiger charge is -2.46.